The zero-order valence-corrected chi connectivity index (χ0v) is 21.8. The number of ether oxygens (including phenoxy) is 2. The fourth-order valence-electron chi connectivity index (χ4n) is 4.94. The van der Waals surface area contributed by atoms with Crippen LogP contribution in [0.15, 0.2) is 48.5 Å². The van der Waals surface area contributed by atoms with E-state index in [0.29, 0.717) is 19.1 Å². The van der Waals surface area contributed by atoms with Crippen molar-refractivity contribution < 1.29 is 19.4 Å². The molecule has 35 heavy (non-hydrogen) atoms. The molecule has 0 saturated heterocycles. The minimum absolute atomic E-state index is 0.0681. The maximum Gasteiger partial charge on any atom is 0.330 e. The van der Waals surface area contributed by atoms with Crippen LogP contribution >= 0.6 is 0 Å². The molecule has 0 unspecified atom stereocenters. The first-order chi connectivity index (χ1) is 16.7. The van der Waals surface area contributed by atoms with Crippen molar-refractivity contribution in [2.75, 3.05) is 19.8 Å². The van der Waals surface area contributed by atoms with Gasteiger partial charge in [0.05, 0.1) is 25.4 Å². The molecule has 3 rings (SSSR count). The number of hydrogen-bond acceptors (Lipinski definition) is 5. The van der Waals surface area contributed by atoms with Crippen LogP contribution in [0.4, 0.5) is 0 Å². The lowest BCUT2D eigenvalue weighted by atomic mass is 9.88. The number of aliphatic hydroxyl groups is 1. The summed E-state index contributed by atoms with van der Waals surface area (Å²) in [6.07, 6.45) is 5.70. The van der Waals surface area contributed by atoms with Gasteiger partial charge in [-0.3, -0.25) is 0 Å². The molecular formula is C30H41NO4. The summed E-state index contributed by atoms with van der Waals surface area (Å²) in [6, 6.07) is 14.8. The van der Waals surface area contributed by atoms with Crippen molar-refractivity contribution in [3.63, 3.8) is 0 Å². The van der Waals surface area contributed by atoms with Gasteiger partial charge in [-0.2, -0.15) is 0 Å². The average Bonchev–Trinajstić information content (AvgIpc) is 3.21. The van der Waals surface area contributed by atoms with Gasteiger partial charge in [0.15, 0.2) is 0 Å². The number of carbonyl (C=O) groups is 1. The molecule has 0 aliphatic heterocycles. The molecule has 5 nitrogen and oxygen atoms in total. The van der Waals surface area contributed by atoms with Gasteiger partial charge < -0.3 is 19.9 Å². The molecule has 2 aromatic rings. The molecule has 190 valence electrons. The quantitative estimate of drug-likeness (QED) is 0.324. The molecule has 1 aliphatic rings. The maximum absolute atomic E-state index is 11.7. The van der Waals surface area contributed by atoms with Crippen molar-refractivity contribution in [1.29, 1.82) is 0 Å². The Balaban J connectivity index is 1.48. The van der Waals surface area contributed by atoms with E-state index < -0.39 is 6.10 Å². The molecule has 0 radical (unpaired) electrons. The number of hydrogen-bond donors (Lipinski definition) is 2. The number of benzene rings is 2. The molecule has 0 saturated carbocycles. The Labute approximate surface area is 210 Å². The van der Waals surface area contributed by atoms with E-state index in [-0.39, 0.29) is 24.2 Å². The molecule has 0 amide bonds. The number of fused-ring (bicyclic) bond motifs is 1. The number of esters is 1. The Morgan fingerprint density at radius 3 is 2.54 bits per heavy atom. The highest BCUT2D eigenvalue weighted by molar-refractivity contribution is 5.87. The van der Waals surface area contributed by atoms with E-state index in [1.165, 1.54) is 17.2 Å². The number of rotatable bonds is 12. The predicted molar refractivity (Wildman–Crippen MR) is 141 cm³/mol. The molecule has 2 atom stereocenters. The standard InChI is InChI=1S/C30H41NO4/c1-6-34-29(33)14-12-26-15-21(2)11-13-28(26)22(3)35-20-27(32)19-31-30(4,5)18-23-16-24-9-7-8-10-25(24)17-23/h7-15,22-23,27,31-32H,6,16-20H2,1-5H3/b14-12+/t22-,27-/m1/s1. The predicted octanol–water partition coefficient (Wildman–Crippen LogP) is 5.18. The normalized spacial score (nSPS) is 15.8. The second kappa shape index (κ2) is 12.5. The monoisotopic (exact) mass is 479 g/mol. The van der Waals surface area contributed by atoms with Crippen LogP contribution in [0.1, 0.15) is 68.0 Å². The van der Waals surface area contributed by atoms with Crippen LogP contribution in [0.3, 0.4) is 0 Å². The summed E-state index contributed by atoms with van der Waals surface area (Å²) in [5.74, 6) is 0.269. The molecule has 5 heteroatoms. The molecule has 2 aromatic carbocycles. The highest BCUT2D eigenvalue weighted by Crippen LogP contribution is 2.32. The average molecular weight is 480 g/mol. The summed E-state index contributed by atoms with van der Waals surface area (Å²) in [5.41, 5.74) is 5.86. The summed E-state index contributed by atoms with van der Waals surface area (Å²) in [4.78, 5) is 11.7. The fraction of sp³-hybridized carbons (Fsp3) is 0.500. The third kappa shape index (κ3) is 8.31. The van der Waals surface area contributed by atoms with E-state index in [1.54, 1.807) is 13.0 Å². The third-order valence-corrected chi connectivity index (χ3v) is 6.66. The van der Waals surface area contributed by atoms with Gasteiger partial charge in [-0.05, 0) is 88.1 Å². The Morgan fingerprint density at radius 2 is 1.89 bits per heavy atom. The Bertz CT molecular complexity index is 988. The van der Waals surface area contributed by atoms with E-state index in [9.17, 15) is 9.90 Å². The molecule has 0 bridgehead atoms. The van der Waals surface area contributed by atoms with Crippen LogP contribution in [0, 0.1) is 12.8 Å². The first kappa shape index (κ1) is 27.1. The molecule has 1 aliphatic carbocycles. The van der Waals surface area contributed by atoms with Gasteiger partial charge in [0, 0.05) is 18.2 Å². The second-order valence-corrected chi connectivity index (χ2v) is 10.4. The van der Waals surface area contributed by atoms with E-state index in [0.717, 1.165) is 36.0 Å². The smallest absolute Gasteiger partial charge is 0.330 e. The van der Waals surface area contributed by atoms with Gasteiger partial charge in [0.2, 0.25) is 0 Å². The third-order valence-electron chi connectivity index (χ3n) is 6.66. The van der Waals surface area contributed by atoms with Crippen LogP contribution in [-0.2, 0) is 27.1 Å². The van der Waals surface area contributed by atoms with Crippen molar-refractivity contribution in [1.82, 2.24) is 5.32 Å². The van der Waals surface area contributed by atoms with Gasteiger partial charge in [0.1, 0.15) is 0 Å². The number of aliphatic hydroxyl groups excluding tert-OH is 1. The van der Waals surface area contributed by atoms with E-state index in [4.69, 9.17) is 9.47 Å². The minimum atomic E-state index is -0.610. The highest BCUT2D eigenvalue weighted by Gasteiger charge is 2.28. The molecular weight excluding hydrogens is 438 g/mol. The molecule has 0 aromatic heterocycles. The SMILES string of the molecule is CCOC(=O)/C=C/c1cc(C)ccc1[C@@H](C)OC[C@H](O)CNC(C)(C)CC1Cc2ccccc2C1. The molecule has 2 N–H and O–H groups in total. The van der Waals surface area contributed by atoms with Gasteiger partial charge in [-0.1, -0.05) is 48.0 Å². The lowest BCUT2D eigenvalue weighted by molar-refractivity contribution is -0.137. The maximum atomic E-state index is 11.7. The van der Waals surface area contributed by atoms with Gasteiger partial charge >= 0.3 is 5.97 Å². The van der Waals surface area contributed by atoms with E-state index >= 15 is 0 Å². The van der Waals surface area contributed by atoms with Gasteiger partial charge in [-0.25, -0.2) is 4.79 Å². The first-order valence-electron chi connectivity index (χ1n) is 12.7. The van der Waals surface area contributed by atoms with Crippen LogP contribution in [0.5, 0.6) is 0 Å². The largest absolute Gasteiger partial charge is 0.463 e. The van der Waals surface area contributed by atoms with Crippen molar-refractivity contribution in [2.24, 2.45) is 5.92 Å². The van der Waals surface area contributed by atoms with E-state index in [1.807, 2.05) is 32.0 Å². The Hall–Kier alpha value is -2.47. The summed E-state index contributed by atoms with van der Waals surface area (Å²) >= 11 is 0. The lowest BCUT2D eigenvalue weighted by Crippen LogP contribution is -2.45. The zero-order chi connectivity index (χ0) is 25.4. The number of nitrogens with one attached hydrogen (secondary N) is 1. The van der Waals surface area contributed by atoms with Crippen LogP contribution < -0.4 is 5.32 Å². The van der Waals surface area contributed by atoms with Crippen LogP contribution in [0.25, 0.3) is 6.08 Å². The summed E-state index contributed by atoms with van der Waals surface area (Å²) in [6.45, 7) is 11.2. The summed E-state index contributed by atoms with van der Waals surface area (Å²) in [5, 5.41) is 14.1. The van der Waals surface area contributed by atoms with Crippen LogP contribution in [-0.4, -0.2) is 42.5 Å². The van der Waals surface area contributed by atoms with Crippen molar-refractivity contribution in [2.45, 2.75) is 71.6 Å². The van der Waals surface area contributed by atoms with Crippen molar-refractivity contribution >= 4 is 12.0 Å². The lowest BCUT2D eigenvalue weighted by Gasteiger charge is -2.31. The van der Waals surface area contributed by atoms with Crippen LogP contribution in [0.2, 0.25) is 0 Å². The summed E-state index contributed by atoms with van der Waals surface area (Å²) < 4.78 is 11.0. The first-order valence-corrected chi connectivity index (χ1v) is 12.7. The number of aryl methyl sites for hydroxylation is 1. The van der Waals surface area contributed by atoms with Crippen molar-refractivity contribution in [3.8, 4) is 0 Å². The fourth-order valence-corrected chi connectivity index (χ4v) is 4.94. The highest BCUT2D eigenvalue weighted by atomic mass is 16.5. The second-order valence-electron chi connectivity index (χ2n) is 10.4. The topological polar surface area (TPSA) is 67.8 Å². The van der Waals surface area contributed by atoms with Gasteiger partial charge in [0.25, 0.3) is 0 Å². The van der Waals surface area contributed by atoms with Crippen molar-refractivity contribution in [3.05, 3.63) is 76.4 Å². The Morgan fingerprint density at radius 1 is 1.20 bits per heavy atom. The molecule has 0 heterocycles. The Kier molecular flexibility index (Phi) is 9.67. The minimum Gasteiger partial charge on any atom is -0.463 e. The number of β-amino-alcohol motifs (C(OH)–C–C–N with tert-alkyl or cyclic N) is 1. The molecule has 0 fully saturated rings. The molecule has 0 spiro atoms. The zero-order valence-electron chi connectivity index (χ0n) is 21.8. The van der Waals surface area contributed by atoms with Gasteiger partial charge in [-0.15, -0.1) is 0 Å². The summed E-state index contributed by atoms with van der Waals surface area (Å²) in [7, 11) is 0. The number of carbonyl (C=O) groups excluding carboxylic acids is 1. The van der Waals surface area contributed by atoms with E-state index in [2.05, 4.69) is 43.4 Å².